The predicted octanol–water partition coefficient (Wildman–Crippen LogP) is 1.79. The highest BCUT2D eigenvalue weighted by atomic mass is 19.4. The van der Waals surface area contributed by atoms with Crippen LogP contribution >= 0.6 is 0 Å². The second kappa shape index (κ2) is 7.25. The van der Waals surface area contributed by atoms with E-state index in [1.807, 2.05) is 0 Å². The molecular weight excluding hydrogens is 273 g/mol. The number of rotatable bonds is 6. The topological polar surface area (TPSA) is 52.6 Å². The number of aliphatic hydroxyl groups is 1. The van der Waals surface area contributed by atoms with E-state index in [0.29, 0.717) is 5.69 Å². The maximum absolute atomic E-state index is 12.3. The van der Waals surface area contributed by atoms with Crippen molar-refractivity contribution in [3.63, 3.8) is 0 Å². The molecule has 7 heteroatoms. The van der Waals surface area contributed by atoms with Gasteiger partial charge in [0.15, 0.2) is 0 Å². The first-order chi connectivity index (χ1) is 9.31. The lowest BCUT2D eigenvalue weighted by Crippen LogP contribution is -2.41. The number of halogens is 3. The molecule has 2 N–H and O–H groups in total. The summed E-state index contributed by atoms with van der Waals surface area (Å²) < 4.78 is 36.9. The van der Waals surface area contributed by atoms with Gasteiger partial charge in [0.2, 0.25) is 5.91 Å². The molecule has 0 atom stereocenters. The number of alkyl halides is 3. The first-order valence-electron chi connectivity index (χ1n) is 6.07. The predicted molar refractivity (Wildman–Crippen MR) is 69.4 cm³/mol. The minimum absolute atomic E-state index is 0.208. The molecule has 0 bridgehead atoms. The van der Waals surface area contributed by atoms with E-state index >= 15 is 0 Å². The third kappa shape index (κ3) is 6.03. The molecule has 1 amide bonds. The van der Waals surface area contributed by atoms with Crippen LogP contribution in [0.2, 0.25) is 0 Å². The number of nitrogens with one attached hydrogen (secondary N) is 1. The van der Waals surface area contributed by atoms with Crippen molar-refractivity contribution in [3.05, 3.63) is 29.8 Å². The van der Waals surface area contributed by atoms with Crippen LogP contribution in [-0.4, -0.2) is 48.3 Å². The summed E-state index contributed by atoms with van der Waals surface area (Å²) in [7, 11) is 0. The van der Waals surface area contributed by atoms with Crippen molar-refractivity contribution in [2.24, 2.45) is 0 Å². The third-order valence-electron chi connectivity index (χ3n) is 2.61. The van der Waals surface area contributed by atoms with Crippen LogP contribution in [0.5, 0.6) is 0 Å². The monoisotopic (exact) mass is 290 g/mol. The highest BCUT2D eigenvalue weighted by molar-refractivity contribution is 5.92. The van der Waals surface area contributed by atoms with E-state index in [-0.39, 0.29) is 6.54 Å². The smallest absolute Gasteiger partial charge is 0.395 e. The highest BCUT2D eigenvalue weighted by Crippen LogP contribution is 2.17. The lowest BCUT2D eigenvalue weighted by atomic mass is 10.2. The van der Waals surface area contributed by atoms with Crippen molar-refractivity contribution in [2.45, 2.75) is 13.1 Å². The number of para-hydroxylation sites is 1. The molecule has 1 aromatic rings. The Morgan fingerprint density at radius 3 is 2.55 bits per heavy atom. The maximum Gasteiger partial charge on any atom is 0.401 e. The summed E-state index contributed by atoms with van der Waals surface area (Å²) in [6, 6.07) is 6.99. The highest BCUT2D eigenvalue weighted by Gasteiger charge is 2.31. The summed E-state index contributed by atoms with van der Waals surface area (Å²) in [6.45, 7) is -0.506. The number of amides is 1. The van der Waals surface area contributed by atoms with Crippen molar-refractivity contribution >= 4 is 11.6 Å². The molecule has 0 saturated carbocycles. The van der Waals surface area contributed by atoms with Gasteiger partial charge in [-0.2, -0.15) is 13.2 Å². The Morgan fingerprint density at radius 1 is 1.35 bits per heavy atom. The maximum atomic E-state index is 12.3. The second-order valence-corrected chi connectivity index (χ2v) is 4.41. The van der Waals surface area contributed by atoms with Crippen LogP contribution in [0.25, 0.3) is 0 Å². The molecule has 0 aliphatic rings. The summed E-state index contributed by atoms with van der Waals surface area (Å²) in [6.07, 6.45) is -4.40. The van der Waals surface area contributed by atoms with Gasteiger partial charge in [-0.3, -0.25) is 9.69 Å². The van der Waals surface area contributed by atoms with E-state index in [4.69, 9.17) is 5.11 Å². The number of carbonyl (C=O) groups excluding carboxylic acids is 1. The van der Waals surface area contributed by atoms with E-state index in [9.17, 15) is 18.0 Å². The molecule has 0 aliphatic heterocycles. The zero-order valence-corrected chi connectivity index (χ0v) is 11.1. The van der Waals surface area contributed by atoms with Crippen molar-refractivity contribution in [2.75, 3.05) is 31.6 Å². The Balaban J connectivity index is 2.60. The fourth-order valence-corrected chi connectivity index (χ4v) is 1.71. The molecule has 0 spiro atoms. The van der Waals surface area contributed by atoms with Gasteiger partial charge in [-0.1, -0.05) is 18.2 Å². The number of aliphatic hydroxyl groups excluding tert-OH is 1. The van der Waals surface area contributed by atoms with Gasteiger partial charge < -0.3 is 10.4 Å². The number of hydrogen-bond donors (Lipinski definition) is 2. The van der Waals surface area contributed by atoms with Crippen molar-refractivity contribution in [3.8, 4) is 0 Å². The van der Waals surface area contributed by atoms with E-state index < -0.39 is 31.8 Å². The first kappa shape index (κ1) is 16.5. The SMILES string of the molecule is Cc1ccccc1NC(=O)CN(CCO)CC(F)(F)F. The fourth-order valence-electron chi connectivity index (χ4n) is 1.71. The van der Waals surface area contributed by atoms with Gasteiger partial charge >= 0.3 is 6.18 Å². The van der Waals surface area contributed by atoms with Gasteiger partial charge in [0.25, 0.3) is 0 Å². The van der Waals surface area contributed by atoms with Gasteiger partial charge in [0, 0.05) is 12.2 Å². The first-order valence-corrected chi connectivity index (χ1v) is 6.07. The molecule has 112 valence electrons. The lowest BCUT2D eigenvalue weighted by molar-refractivity contribution is -0.148. The molecule has 0 fully saturated rings. The van der Waals surface area contributed by atoms with Crippen molar-refractivity contribution in [1.82, 2.24) is 4.90 Å². The fraction of sp³-hybridized carbons (Fsp3) is 0.462. The Kier molecular flexibility index (Phi) is 5.97. The van der Waals surface area contributed by atoms with Crippen LogP contribution in [0.4, 0.5) is 18.9 Å². The molecule has 0 unspecified atom stereocenters. The summed E-state index contributed by atoms with van der Waals surface area (Å²) in [5.41, 5.74) is 1.39. The number of hydrogen-bond acceptors (Lipinski definition) is 3. The van der Waals surface area contributed by atoms with E-state index in [1.165, 1.54) is 0 Å². The number of aryl methyl sites for hydroxylation is 1. The average Bonchev–Trinajstić information content (AvgIpc) is 2.30. The van der Waals surface area contributed by atoms with Crippen LogP contribution in [0, 0.1) is 6.92 Å². The molecule has 0 aliphatic carbocycles. The minimum atomic E-state index is -4.40. The average molecular weight is 290 g/mol. The van der Waals surface area contributed by atoms with Gasteiger partial charge in [0.1, 0.15) is 0 Å². The molecule has 0 saturated heterocycles. The Hall–Kier alpha value is -1.60. The molecule has 20 heavy (non-hydrogen) atoms. The van der Waals surface area contributed by atoms with Crippen molar-refractivity contribution < 1.29 is 23.1 Å². The molecule has 0 aromatic heterocycles. The quantitative estimate of drug-likeness (QED) is 0.840. The third-order valence-corrected chi connectivity index (χ3v) is 2.61. The molecule has 1 rings (SSSR count). The molecule has 0 radical (unpaired) electrons. The van der Waals surface area contributed by atoms with E-state index in [0.717, 1.165) is 10.5 Å². The van der Waals surface area contributed by atoms with E-state index in [1.54, 1.807) is 31.2 Å². The van der Waals surface area contributed by atoms with Crippen LogP contribution in [-0.2, 0) is 4.79 Å². The van der Waals surface area contributed by atoms with Crippen molar-refractivity contribution in [1.29, 1.82) is 0 Å². The van der Waals surface area contributed by atoms with Gasteiger partial charge in [-0.05, 0) is 18.6 Å². The Labute approximate surface area is 115 Å². The van der Waals surface area contributed by atoms with Crippen LogP contribution in [0.1, 0.15) is 5.56 Å². The zero-order chi connectivity index (χ0) is 15.2. The minimum Gasteiger partial charge on any atom is -0.395 e. The second-order valence-electron chi connectivity index (χ2n) is 4.41. The lowest BCUT2D eigenvalue weighted by Gasteiger charge is -2.22. The van der Waals surface area contributed by atoms with Crippen LogP contribution in [0.3, 0.4) is 0 Å². The number of anilines is 1. The van der Waals surface area contributed by atoms with Gasteiger partial charge in [-0.15, -0.1) is 0 Å². The Morgan fingerprint density at radius 2 is 2.00 bits per heavy atom. The molecule has 4 nitrogen and oxygen atoms in total. The Bertz CT molecular complexity index is 449. The summed E-state index contributed by atoms with van der Waals surface area (Å²) in [5, 5.41) is 11.3. The van der Waals surface area contributed by atoms with Gasteiger partial charge in [0.05, 0.1) is 19.7 Å². The van der Waals surface area contributed by atoms with E-state index in [2.05, 4.69) is 5.32 Å². The van der Waals surface area contributed by atoms with Crippen LogP contribution < -0.4 is 5.32 Å². The normalized spacial score (nSPS) is 11.7. The zero-order valence-electron chi connectivity index (χ0n) is 11.1. The summed E-state index contributed by atoms with van der Waals surface area (Å²) in [4.78, 5) is 12.6. The molecule has 1 aromatic carbocycles. The summed E-state index contributed by atoms with van der Waals surface area (Å²) >= 11 is 0. The number of nitrogens with zero attached hydrogens (tertiary/aromatic N) is 1. The number of benzene rings is 1. The standard InChI is InChI=1S/C13H17F3N2O2/c1-10-4-2-3-5-11(10)17-12(20)8-18(6-7-19)9-13(14,15)16/h2-5,19H,6-9H2,1H3,(H,17,20). The van der Waals surface area contributed by atoms with Gasteiger partial charge in [-0.25, -0.2) is 0 Å². The van der Waals surface area contributed by atoms with Crippen LogP contribution in [0.15, 0.2) is 24.3 Å². The largest absolute Gasteiger partial charge is 0.401 e. The molecule has 0 heterocycles. The number of carbonyl (C=O) groups is 1. The molecular formula is C13H17F3N2O2. The summed E-state index contributed by atoms with van der Waals surface area (Å²) in [5.74, 6) is -0.544.